The summed E-state index contributed by atoms with van der Waals surface area (Å²) in [6, 6.07) is 0. The second-order valence-corrected chi connectivity index (χ2v) is 6.64. The molecule has 4 atom stereocenters. The van der Waals surface area contributed by atoms with E-state index in [1.807, 2.05) is 13.8 Å². The Bertz CT molecular complexity index is 293. The van der Waals surface area contributed by atoms with Gasteiger partial charge >= 0.3 is 5.97 Å². The van der Waals surface area contributed by atoms with Gasteiger partial charge in [-0.05, 0) is 48.9 Å². The highest BCUT2D eigenvalue weighted by atomic mass is 16.5. The second kappa shape index (κ2) is 4.62. The fraction of sp³-hybridized carbons (Fsp3) is 0.933. The number of fused-ring (bicyclic) bond motifs is 2. The molecule has 1 unspecified atom stereocenters. The number of esters is 1. The Morgan fingerprint density at radius 2 is 2.12 bits per heavy atom. The van der Waals surface area contributed by atoms with Crippen LogP contribution in [0.15, 0.2) is 0 Å². The van der Waals surface area contributed by atoms with Crippen LogP contribution in [0.5, 0.6) is 0 Å². The third kappa shape index (κ3) is 2.23. The molecule has 0 aromatic rings. The molecule has 0 saturated heterocycles. The zero-order valence-corrected chi connectivity index (χ0v) is 11.7. The number of carbonyl (C=O) groups excluding carboxylic acids is 1. The molecule has 3 rings (SSSR count). The second-order valence-electron chi connectivity index (χ2n) is 6.64. The summed E-state index contributed by atoms with van der Waals surface area (Å²) in [6.45, 7) is 9.41. The molecule has 3 aliphatic carbocycles. The molecule has 2 heteroatoms. The maximum absolute atomic E-state index is 11.7. The van der Waals surface area contributed by atoms with Gasteiger partial charge in [-0.15, -0.1) is 0 Å². The summed E-state index contributed by atoms with van der Waals surface area (Å²) in [4.78, 5) is 11.7. The lowest BCUT2D eigenvalue weighted by Gasteiger charge is -2.60. The molecule has 3 saturated carbocycles. The van der Waals surface area contributed by atoms with E-state index >= 15 is 0 Å². The molecule has 0 aromatic heterocycles. The van der Waals surface area contributed by atoms with Gasteiger partial charge in [0.25, 0.3) is 0 Å². The van der Waals surface area contributed by atoms with Gasteiger partial charge in [-0.3, -0.25) is 4.79 Å². The van der Waals surface area contributed by atoms with Crippen molar-refractivity contribution < 1.29 is 9.53 Å². The molecule has 17 heavy (non-hydrogen) atoms. The average Bonchev–Trinajstić information content (AvgIpc) is 2.34. The minimum atomic E-state index is -0.00764. The first-order valence-corrected chi connectivity index (χ1v) is 7.13. The van der Waals surface area contributed by atoms with E-state index < -0.39 is 0 Å². The summed E-state index contributed by atoms with van der Waals surface area (Å²) in [6.07, 6.45) is 4.82. The highest BCUT2D eigenvalue weighted by molar-refractivity contribution is 5.71. The minimum Gasteiger partial charge on any atom is -0.465 e. The number of rotatable bonds is 4. The van der Waals surface area contributed by atoms with Crippen molar-refractivity contribution in [1.29, 1.82) is 0 Å². The Labute approximate surface area is 105 Å². The highest BCUT2D eigenvalue weighted by Crippen LogP contribution is 2.61. The first-order chi connectivity index (χ1) is 7.96. The lowest BCUT2D eigenvalue weighted by molar-refractivity contribution is -0.159. The Morgan fingerprint density at radius 3 is 2.65 bits per heavy atom. The number of carbonyl (C=O) groups is 1. The predicted octanol–water partition coefficient (Wildman–Crippen LogP) is 3.65. The number of hydrogen-bond donors (Lipinski definition) is 0. The fourth-order valence-electron chi connectivity index (χ4n) is 3.66. The van der Waals surface area contributed by atoms with Crippen molar-refractivity contribution in [2.24, 2.45) is 29.1 Å². The molecular weight excluding hydrogens is 212 g/mol. The van der Waals surface area contributed by atoms with Crippen molar-refractivity contribution in [3.8, 4) is 0 Å². The smallest absolute Gasteiger partial charge is 0.308 e. The van der Waals surface area contributed by atoms with Crippen LogP contribution in [0.1, 0.15) is 53.4 Å². The Balaban J connectivity index is 1.82. The van der Waals surface area contributed by atoms with Crippen molar-refractivity contribution >= 4 is 5.97 Å². The largest absolute Gasteiger partial charge is 0.465 e. The molecule has 98 valence electrons. The Morgan fingerprint density at radius 1 is 1.41 bits per heavy atom. The number of hydrogen-bond acceptors (Lipinski definition) is 2. The predicted molar refractivity (Wildman–Crippen MR) is 68.5 cm³/mol. The first kappa shape index (κ1) is 12.9. The molecule has 3 fully saturated rings. The summed E-state index contributed by atoms with van der Waals surface area (Å²) in [5, 5.41) is 0. The van der Waals surface area contributed by atoms with Crippen LogP contribution >= 0.6 is 0 Å². The molecule has 0 heterocycles. The van der Waals surface area contributed by atoms with E-state index in [9.17, 15) is 4.79 Å². The van der Waals surface area contributed by atoms with E-state index in [0.29, 0.717) is 17.9 Å². The quantitative estimate of drug-likeness (QED) is 0.699. The summed E-state index contributed by atoms with van der Waals surface area (Å²) < 4.78 is 5.48. The highest BCUT2D eigenvalue weighted by Gasteiger charge is 2.54. The van der Waals surface area contributed by atoms with Crippen LogP contribution < -0.4 is 0 Å². The minimum absolute atomic E-state index is 0.00764. The molecular formula is C15H26O2. The number of ether oxygens (including phenoxy) is 1. The first-order valence-electron chi connectivity index (χ1n) is 7.13. The zero-order chi connectivity index (χ0) is 12.6. The van der Waals surface area contributed by atoms with E-state index in [2.05, 4.69) is 13.8 Å². The van der Waals surface area contributed by atoms with Crippen LogP contribution in [0.2, 0.25) is 0 Å². The van der Waals surface area contributed by atoms with Gasteiger partial charge in [-0.25, -0.2) is 0 Å². The van der Waals surface area contributed by atoms with Gasteiger partial charge in [0.1, 0.15) is 0 Å². The van der Waals surface area contributed by atoms with Crippen molar-refractivity contribution in [2.75, 3.05) is 6.61 Å². The van der Waals surface area contributed by atoms with Gasteiger partial charge in [0.05, 0.1) is 12.5 Å². The van der Waals surface area contributed by atoms with Gasteiger partial charge in [0.2, 0.25) is 0 Å². The molecule has 3 aliphatic rings. The van der Waals surface area contributed by atoms with Gasteiger partial charge < -0.3 is 4.74 Å². The maximum Gasteiger partial charge on any atom is 0.308 e. The normalized spacial score (nSPS) is 35.9. The molecule has 0 radical (unpaired) electrons. The summed E-state index contributed by atoms with van der Waals surface area (Å²) in [5.74, 6) is 2.37. The average molecular weight is 238 g/mol. The molecule has 0 N–H and O–H groups in total. The lowest BCUT2D eigenvalue weighted by atomic mass is 9.46. The fourth-order valence-corrected chi connectivity index (χ4v) is 3.66. The molecule has 0 spiro atoms. The van der Waals surface area contributed by atoms with Crippen molar-refractivity contribution in [3.63, 3.8) is 0 Å². The zero-order valence-electron chi connectivity index (χ0n) is 11.7. The third-order valence-corrected chi connectivity index (χ3v) is 5.46. The van der Waals surface area contributed by atoms with Gasteiger partial charge in [-0.1, -0.05) is 27.7 Å². The molecule has 2 nitrogen and oxygen atoms in total. The van der Waals surface area contributed by atoms with Crippen LogP contribution in [0.3, 0.4) is 0 Å². The van der Waals surface area contributed by atoms with Crippen LogP contribution in [0.25, 0.3) is 0 Å². The van der Waals surface area contributed by atoms with E-state index in [1.54, 1.807) is 0 Å². The van der Waals surface area contributed by atoms with E-state index in [-0.39, 0.29) is 11.9 Å². The summed E-state index contributed by atoms with van der Waals surface area (Å²) >= 11 is 0. The molecule has 0 aromatic carbocycles. The van der Waals surface area contributed by atoms with Gasteiger partial charge in [0.15, 0.2) is 0 Å². The van der Waals surface area contributed by atoms with E-state index in [4.69, 9.17) is 4.74 Å². The van der Waals surface area contributed by atoms with Crippen LogP contribution in [-0.4, -0.2) is 12.6 Å². The molecule has 0 aliphatic heterocycles. The van der Waals surface area contributed by atoms with E-state index in [1.165, 1.54) is 19.3 Å². The van der Waals surface area contributed by atoms with Crippen molar-refractivity contribution in [2.45, 2.75) is 53.4 Å². The maximum atomic E-state index is 11.7. The molecule has 0 amide bonds. The monoisotopic (exact) mass is 238 g/mol. The van der Waals surface area contributed by atoms with E-state index in [0.717, 1.165) is 18.3 Å². The summed E-state index contributed by atoms with van der Waals surface area (Å²) in [7, 11) is 0. The van der Waals surface area contributed by atoms with Crippen molar-refractivity contribution in [1.82, 2.24) is 0 Å². The topological polar surface area (TPSA) is 26.3 Å². The Hall–Kier alpha value is -0.530. The van der Waals surface area contributed by atoms with Crippen LogP contribution in [0, 0.1) is 29.1 Å². The van der Waals surface area contributed by atoms with Crippen molar-refractivity contribution in [3.05, 3.63) is 0 Å². The lowest BCUT2D eigenvalue weighted by Crippen LogP contribution is -2.53. The SMILES string of the molecule is CCC(C)C(=O)OC[C@@H]1CC[C@H]2C[C@@H]1C2(C)C. The standard InChI is InChI=1S/C15H26O2/c1-5-10(2)14(16)17-9-11-6-7-12-8-13(11)15(12,3)4/h10-13H,5-9H2,1-4H3/t10?,11-,12-,13-/m0/s1. The van der Waals surface area contributed by atoms with Gasteiger partial charge in [0, 0.05) is 0 Å². The van der Waals surface area contributed by atoms with Crippen LogP contribution in [-0.2, 0) is 9.53 Å². The van der Waals surface area contributed by atoms with Gasteiger partial charge in [-0.2, -0.15) is 0 Å². The third-order valence-electron chi connectivity index (χ3n) is 5.46. The Kier molecular flexibility index (Phi) is 3.51. The van der Waals surface area contributed by atoms with Crippen LogP contribution in [0.4, 0.5) is 0 Å². The summed E-state index contributed by atoms with van der Waals surface area (Å²) in [5.41, 5.74) is 0.492. The molecule has 2 bridgehead atoms.